The van der Waals surface area contributed by atoms with Crippen molar-refractivity contribution in [2.45, 2.75) is 4.59 Å². The van der Waals surface area contributed by atoms with Crippen molar-refractivity contribution in [3.8, 4) is 22.3 Å². The summed E-state index contributed by atoms with van der Waals surface area (Å²) in [6.45, 7) is 0. The summed E-state index contributed by atoms with van der Waals surface area (Å²) in [7, 11) is 0. The fourth-order valence-electron chi connectivity index (χ4n) is 3.33. The average molecular weight is 274 g/mol. The van der Waals surface area contributed by atoms with Crippen LogP contribution in [0.3, 0.4) is 0 Å². The topological polar surface area (TPSA) is 0 Å². The van der Waals surface area contributed by atoms with Gasteiger partial charge in [-0.3, -0.25) is 0 Å². The molecule has 0 bridgehead atoms. The first-order valence-electron chi connectivity index (χ1n) is 7.80. The number of fused-ring (bicyclic) bond motifs is 1. The molecule has 0 nitrogen and oxygen atoms in total. The molecule has 22 heavy (non-hydrogen) atoms. The number of hydrogen-bond donors (Lipinski definition) is 0. The van der Waals surface area contributed by atoms with E-state index < -0.39 is 0 Å². The van der Waals surface area contributed by atoms with E-state index in [1.165, 1.54) is 33.4 Å². The summed E-state index contributed by atoms with van der Waals surface area (Å²) in [5.74, 6) is 0. The monoisotopic (exact) mass is 274 g/mol. The van der Waals surface area contributed by atoms with Crippen LogP contribution in [-0.4, -0.2) is 17.7 Å². The van der Waals surface area contributed by atoms with Gasteiger partial charge in [-0.15, -0.1) is 0 Å². The first-order chi connectivity index (χ1) is 10.8. The molecule has 1 atom stereocenters. The minimum absolute atomic E-state index is 0.513. The van der Waals surface area contributed by atoms with Crippen molar-refractivity contribution in [3.63, 3.8) is 0 Å². The summed E-state index contributed by atoms with van der Waals surface area (Å²) >= 11 is 2.26. The fourth-order valence-corrected chi connectivity index (χ4v) is 3.33. The predicted molar refractivity (Wildman–Crippen MR) is 94.8 cm³/mol. The third-order valence-corrected chi connectivity index (χ3v) is 4.48. The Morgan fingerprint density at radius 3 is 2.14 bits per heavy atom. The summed E-state index contributed by atoms with van der Waals surface area (Å²) in [6, 6.07) is 26.0. The second-order valence-corrected chi connectivity index (χ2v) is 5.87. The molecule has 1 unspecified atom stereocenters. The first-order valence-corrected chi connectivity index (χ1v) is 7.80. The average Bonchev–Trinajstić information content (AvgIpc) is 2.97. The quantitative estimate of drug-likeness (QED) is 0.559. The zero-order valence-electron chi connectivity index (χ0n) is 12.7. The number of benzene rings is 3. The molecule has 100 valence electrons. The van der Waals surface area contributed by atoms with Gasteiger partial charge in [-0.2, -0.15) is 0 Å². The Morgan fingerprint density at radius 2 is 1.32 bits per heavy atom. The van der Waals surface area contributed by atoms with Gasteiger partial charge in [0.1, 0.15) is 0 Å². The van der Waals surface area contributed by atoms with Crippen molar-refractivity contribution in [1.29, 1.82) is 0 Å². The zero-order valence-corrected chi connectivity index (χ0v) is 12.7. The van der Waals surface area contributed by atoms with Crippen LogP contribution in [0.25, 0.3) is 28.3 Å². The maximum atomic E-state index is 2.29. The number of hydrogen-bond acceptors (Lipinski definition) is 0. The van der Waals surface area contributed by atoms with Crippen LogP contribution < -0.4 is 0 Å². The Balaban J connectivity index is 1.95. The van der Waals surface area contributed by atoms with Crippen molar-refractivity contribution in [2.24, 2.45) is 0 Å². The summed E-state index contributed by atoms with van der Waals surface area (Å²) in [5.41, 5.74) is 8.01. The molecule has 0 N–H and O–H groups in total. The van der Waals surface area contributed by atoms with Crippen LogP contribution in [0.2, 0.25) is 0 Å². The fraction of sp³-hybridized carbons (Fsp3) is 0.0476. The summed E-state index contributed by atoms with van der Waals surface area (Å²) in [4.78, 5) is 0. The SMILES string of the molecule is [Li][CH]1C=Cc2c(-c3ccccc3-c3ccccc3)cccc21. The third kappa shape index (κ3) is 2.26. The summed E-state index contributed by atoms with van der Waals surface area (Å²) in [6.07, 6.45) is 4.57. The van der Waals surface area contributed by atoms with E-state index in [0.29, 0.717) is 4.59 Å². The van der Waals surface area contributed by atoms with Crippen molar-refractivity contribution >= 4 is 23.8 Å². The van der Waals surface area contributed by atoms with E-state index in [4.69, 9.17) is 0 Å². The molecule has 0 aromatic heterocycles. The molecule has 1 aliphatic rings. The standard InChI is InChI=1S/C21H15.Li/c1-2-8-16(9-3-1)18-12-4-5-13-20(18)21-15-7-11-17-10-6-14-19(17)21;/h1-15H;. The second kappa shape index (κ2) is 5.65. The molecule has 0 spiro atoms. The first kappa shape index (κ1) is 13.6. The Kier molecular flexibility index (Phi) is 3.51. The second-order valence-electron chi connectivity index (χ2n) is 5.87. The summed E-state index contributed by atoms with van der Waals surface area (Å²) < 4.78 is 0.513. The Hall–Kier alpha value is -2.00. The van der Waals surface area contributed by atoms with Crippen LogP contribution in [0.1, 0.15) is 15.7 Å². The van der Waals surface area contributed by atoms with Gasteiger partial charge >= 0.3 is 141 Å². The van der Waals surface area contributed by atoms with E-state index >= 15 is 0 Å². The Labute approximate surface area is 140 Å². The van der Waals surface area contributed by atoms with Gasteiger partial charge in [0.25, 0.3) is 0 Å². The van der Waals surface area contributed by atoms with Crippen molar-refractivity contribution in [1.82, 2.24) is 0 Å². The van der Waals surface area contributed by atoms with Crippen molar-refractivity contribution in [3.05, 3.63) is 90.0 Å². The Morgan fingerprint density at radius 1 is 0.636 bits per heavy atom. The Bertz CT molecular complexity index is 847. The van der Waals surface area contributed by atoms with Gasteiger partial charge in [0, 0.05) is 0 Å². The van der Waals surface area contributed by atoms with E-state index in [2.05, 4.69) is 103 Å². The van der Waals surface area contributed by atoms with Gasteiger partial charge in [0.05, 0.1) is 0 Å². The number of allylic oxidation sites excluding steroid dienone is 1. The van der Waals surface area contributed by atoms with E-state index in [-0.39, 0.29) is 0 Å². The van der Waals surface area contributed by atoms with E-state index in [0.717, 1.165) is 0 Å². The van der Waals surface area contributed by atoms with Gasteiger partial charge < -0.3 is 0 Å². The van der Waals surface area contributed by atoms with Gasteiger partial charge in [0.2, 0.25) is 0 Å². The zero-order chi connectivity index (χ0) is 14.9. The normalized spacial score (nSPS) is 15.8. The van der Waals surface area contributed by atoms with Gasteiger partial charge in [-0.05, 0) is 0 Å². The molecule has 0 heterocycles. The molecule has 3 aromatic carbocycles. The van der Waals surface area contributed by atoms with Crippen LogP contribution in [0.5, 0.6) is 0 Å². The number of rotatable bonds is 2. The third-order valence-electron chi connectivity index (χ3n) is 4.48. The molecule has 0 amide bonds. The van der Waals surface area contributed by atoms with Crippen LogP contribution in [-0.2, 0) is 0 Å². The minimum atomic E-state index is 0.513. The molecular weight excluding hydrogens is 259 g/mol. The molecule has 4 rings (SSSR count). The van der Waals surface area contributed by atoms with Crippen molar-refractivity contribution in [2.75, 3.05) is 0 Å². The molecular formula is C21H15Li. The van der Waals surface area contributed by atoms with Gasteiger partial charge in [-0.25, -0.2) is 0 Å². The van der Waals surface area contributed by atoms with Gasteiger partial charge in [-0.1, -0.05) is 0 Å². The van der Waals surface area contributed by atoms with E-state index in [1.807, 2.05) is 0 Å². The van der Waals surface area contributed by atoms with Crippen molar-refractivity contribution < 1.29 is 0 Å². The van der Waals surface area contributed by atoms with E-state index in [9.17, 15) is 0 Å². The summed E-state index contributed by atoms with van der Waals surface area (Å²) in [5, 5.41) is 0. The molecule has 0 saturated carbocycles. The molecule has 0 fully saturated rings. The van der Waals surface area contributed by atoms with Gasteiger partial charge in [0.15, 0.2) is 0 Å². The molecule has 3 aromatic rings. The molecule has 0 saturated heterocycles. The predicted octanol–water partition coefficient (Wildman–Crippen LogP) is 5.26. The van der Waals surface area contributed by atoms with E-state index in [1.54, 1.807) is 0 Å². The molecule has 0 radical (unpaired) electrons. The molecule has 1 aliphatic carbocycles. The molecule has 0 aliphatic heterocycles. The maximum absolute atomic E-state index is 2.29. The van der Waals surface area contributed by atoms with Crippen LogP contribution in [0, 0.1) is 0 Å². The van der Waals surface area contributed by atoms with Crippen LogP contribution >= 0.6 is 0 Å². The molecule has 1 heteroatoms. The van der Waals surface area contributed by atoms with Crippen LogP contribution in [0.15, 0.2) is 78.9 Å². The van der Waals surface area contributed by atoms with Crippen LogP contribution in [0.4, 0.5) is 0 Å².